The molecule has 2 aliphatic rings. The standard InChI is InChI=1S/C20H31N5O/c1-15-6-5-7-18(16(15)2)24-10-12-25(13-11-24)20(22-17-8-9-17)21-14-19(26)23(3)4/h5-7,17H,8-14H2,1-4H3,(H,21,22). The highest BCUT2D eigenvalue weighted by molar-refractivity contribution is 5.85. The average molecular weight is 358 g/mol. The predicted molar refractivity (Wildman–Crippen MR) is 107 cm³/mol. The summed E-state index contributed by atoms with van der Waals surface area (Å²) in [4.78, 5) is 22.8. The summed E-state index contributed by atoms with van der Waals surface area (Å²) in [7, 11) is 3.55. The Labute approximate surface area is 156 Å². The SMILES string of the molecule is Cc1cccc(N2CCN(C(=NCC(=O)N(C)C)NC3CC3)CC2)c1C. The summed E-state index contributed by atoms with van der Waals surface area (Å²) < 4.78 is 0. The molecule has 0 unspecified atom stereocenters. The Morgan fingerprint density at radius 3 is 2.50 bits per heavy atom. The molecule has 1 aromatic carbocycles. The van der Waals surface area contributed by atoms with Crippen LogP contribution in [0.2, 0.25) is 0 Å². The minimum Gasteiger partial charge on any atom is -0.368 e. The molecular weight excluding hydrogens is 326 g/mol. The molecule has 0 spiro atoms. The number of carbonyl (C=O) groups is 1. The first-order valence-electron chi connectivity index (χ1n) is 9.53. The lowest BCUT2D eigenvalue weighted by Crippen LogP contribution is -2.53. The number of carbonyl (C=O) groups excluding carboxylic acids is 1. The van der Waals surface area contributed by atoms with Gasteiger partial charge in [0.15, 0.2) is 5.96 Å². The second-order valence-corrected chi connectivity index (χ2v) is 7.54. The van der Waals surface area contributed by atoms with Crippen molar-refractivity contribution in [2.45, 2.75) is 32.7 Å². The summed E-state index contributed by atoms with van der Waals surface area (Å²) in [5.41, 5.74) is 4.04. The smallest absolute Gasteiger partial charge is 0.243 e. The number of hydrogen-bond acceptors (Lipinski definition) is 3. The Hall–Kier alpha value is -2.24. The van der Waals surface area contributed by atoms with E-state index in [4.69, 9.17) is 0 Å². The van der Waals surface area contributed by atoms with Crippen molar-refractivity contribution in [3.63, 3.8) is 0 Å². The highest BCUT2D eigenvalue weighted by atomic mass is 16.2. The molecule has 0 aromatic heterocycles. The minimum atomic E-state index is 0.0362. The molecule has 1 aromatic rings. The zero-order valence-electron chi connectivity index (χ0n) is 16.5. The molecule has 0 radical (unpaired) electrons. The summed E-state index contributed by atoms with van der Waals surface area (Å²) in [5, 5.41) is 3.52. The van der Waals surface area contributed by atoms with Gasteiger partial charge in [0, 0.05) is 52.0 Å². The molecular formula is C20H31N5O. The second kappa shape index (κ2) is 7.98. The number of piperazine rings is 1. The Kier molecular flexibility index (Phi) is 5.69. The molecule has 26 heavy (non-hydrogen) atoms. The van der Waals surface area contributed by atoms with E-state index in [9.17, 15) is 4.79 Å². The van der Waals surface area contributed by atoms with Crippen LogP contribution in [0, 0.1) is 13.8 Å². The van der Waals surface area contributed by atoms with Gasteiger partial charge in [0.2, 0.25) is 5.91 Å². The third-order valence-corrected chi connectivity index (χ3v) is 5.27. The average Bonchev–Trinajstić information content (AvgIpc) is 3.45. The van der Waals surface area contributed by atoms with Gasteiger partial charge in [-0.15, -0.1) is 0 Å². The van der Waals surface area contributed by atoms with E-state index in [0.29, 0.717) is 6.04 Å². The molecule has 1 aliphatic heterocycles. The number of aliphatic imine (C=N–C) groups is 1. The van der Waals surface area contributed by atoms with Crippen molar-refractivity contribution in [2.24, 2.45) is 4.99 Å². The van der Waals surface area contributed by atoms with E-state index in [1.165, 1.54) is 29.7 Å². The molecule has 1 aliphatic carbocycles. The maximum absolute atomic E-state index is 11.9. The Bertz CT molecular complexity index is 673. The Morgan fingerprint density at radius 1 is 1.19 bits per heavy atom. The summed E-state index contributed by atoms with van der Waals surface area (Å²) in [5.74, 6) is 0.928. The van der Waals surface area contributed by atoms with Crippen LogP contribution in [0.15, 0.2) is 23.2 Å². The number of amides is 1. The van der Waals surface area contributed by atoms with Gasteiger partial charge in [0.25, 0.3) is 0 Å². The van der Waals surface area contributed by atoms with Crippen molar-refractivity contribution >= 4 is 17.6 Å². The van der Waals surface area contributed by atoms with Crippen LogP contribution in [0.25, 0.3) is 0 Å². The van der Waals surface area contributed by atoms with Gasteiger partial charge in [-0.05, 0) is 43.9 Å². The monoisotopic (exact) mass is 357 g/mol. The van der Waals surface area contributed by atoms with Crippen LogP contribution in [0.1, 0.15) is 24.0 Å². The van der Waals surface area contributed by atoms with Crippen molar-refractivity contribution in [3.05, 3.63) is 29.3 Å². The third kappa shape index (κ3) is 4.48. The number of hydrogen-bond donors (Lipinski definition) is 1. The maximum Gasteiger partial charge on any atom is 0.243 e. The molecule has 0 bridgehead atoms. The summed E-state index contributed by atoms with van der Waals surface area (Å²) in [6.45, 7) is 8.35. The first kappa shape index (κ1) is 18.5. The van der Waals surface area contributed by atoms with E-state index in [2.05, 4.69) is 52.2 Å². The van der Waals surface area contributed by atoms with Crippen molar-refractivity contribution in [1.82, 2.24) is 15.1 Å². The third-order valence-electron chi connectivity index (χ3n) is 5.27. The van der Waals surface area contributed by atoms with Crippen LogP contribution in [0.3, 0.4) is 0 Å². The number of anilines is 1. The number of guanidine groups is 1. The van der Waals surface area contributed by atoms with Crippen molar-refractivity contribution < 1.29 is 4.79 Å². The lowest BCUT2D eigenvalue weighted by Gasteiger charge is -2.38. The number of likely N-dealkylation sites (N-methyl/N-ethyl adjacent to an activating group) is 1. The van der Waals surface area contributed by atoms with Crippen LogP contribution in [0.5, 0.6) is 0 Å². The fourth-order valence-electron chi connectivity index (χ4n) is 3.17. The molecule has 3 rings (SSSR count). The van der Waals surface area contributed by atoms with Gasteiger partial charge in [0.1, 0.15) is 6.54 Å². The van der Waals surface area contributed by atoms with Crippen LogP contribution >= 0.6 is 0 Å². The zero-order chi connectivity index (χ0) is 18.7. The number of nitrogens with zero attached hydrogens (tertiary/aromatic N) is 4. The fourth-order valence-corrected chi connectivity index (χ4v) is 3.17. The second-order valence-electron chi connectivity index (χ2n) is 7.54. The molecule has 0 atom stereocenters. The van der Waals surface area contributed by atoms with Crippen molar-refractivity contribution in [1.29, 1.82) is 0 Å². The van der Waals surface area contributed by atoms with Gasteiger partial charge in [-0.1, -0.05) is 12.1 Å². The summed E-state index contributed by atoms with van der Waals surface area (Å²) >= 11 is 0. The van der Waals surface area contributed by atoms with E-state index in [1.807, 2.05) is 0 Å². The zero-order valence-corrected chi connectivity index (χ0v) is 16.5. The Morgan fingerprint density at radius 2 is 1.88 bits per heavy atom. The molecule has 6 heteroatoms. The van der Waals surface area contributed by atoms with E-state index in [0.717, 1.165) is 32.1 Å². The highest BCUT2D eigenvalue weighted by Crippen LogP contribution is 2.24. The van der Waals surface area contributed by atoms with Gasteiger partial charge < -0.3 is 20.0 Å². The summed E-state index contributed by atoms with van der Waals surface area (Å²) in [6.07, 6.45) is 2.40. The first-order chi connectivity index (χ1) is 12.5. The molecule has 1 saturated heterocycles. The topological polar surface area (TPSA) is 51.2 Å². The molecule has 1 heterocycles. The quantitative estimate of drug-likeness (QED) is 0.657. The van der Waals surface area contributed by atoms with Crippen molar-refractivity contribution in [3.8, 4) is 0 Å². The lowest BCUT2D eigenvalue weighted by atomic mass is 10.1. The number of nitrogens with one attached hydrogen (secondary N) is 1. The van der Waals surface area contributed by atoms with E-state index in [-0.39, 0.29) is 12.5 Å². The van der Waals surface area contributed by atoms with Crippen LogP contribution in [-0.2, 0) is 4.79 Å². The molecule has 1 amide bonds. The van der Waals surface area contributed by atoms with Crippen molar-refractivity contribution in [2.75, 3.05) is 51.7 Å². The molecule has 1 N–H and O–H groups in total. The van der Waals surface area contributed by atoms with Gasteiger partial charge in [0.05, 0.1) is 0 Å². The molecule has 6 nitrogen and oxygen atoms in total. The minimum absolute atomic E-state index is 0.0362. The Balaban J connectivity index is 1.64. The summed E-state index contributed by atoms with van der Waals surface area (Å²) in [6, 6.07) is 7.05. The van der Waals surface area contributed by atoms with E-state index in [1.54, 1.807) is 19.0 Å². The predicted octanol–water partition coefficient (Wildman–Crippen LogP) is 1.62. The largest absolute Gasteiger partial charge is 0.368 e. The van der Waals surface area contributed by atoms with Gasteiger partial charge in [-0.2, -0.15) is 0 Å². The normalized spacial score (nSPS) is 18.1. The maximum atomic E-state index is 11.9. The number of rotatable bonds is 4. The lowest BCUT2D eigenvalue weighted by molar-refractivity contribution is -0.127. The number of benzene rings is 1. The highest BCUT2D eigenvalue weighted by Gasteiger charge is 2.27. The van der Waals surface area contributed by atoms with E-state index >= 15 is 0 Å². The van der Waals surface area contributed by atoms with Crippen LogP contribution in [-0.4, -0.2) is 74.5 Å². The van der Waals surface area contributed by atoms with Crippen LogP contribution < -0.4 is 10.2 Å². The number of aryl methyl sites for hydroxylation is 1. The van der Waals surface area contributed by atoms with Gasteiger partial charge in [-0.25, -0.2) is 4.99 Å². The fraction of sp³-hybridized carbons (Fsp3) is 0.600. The molecule has 1 saturated carbocycles. The van der Waals surface area contributed by atoms with Gasteiger partial charge >= 0.3 is 0 Å². The molecule has 142 valence electrons. The van der Waals surface area contributed by atoms with E-state index < -0.39 is 0 Å². The molecule has 2 fully saturated rings. The van der Waals surface area contributed by atoms with Crippen LogP contribution in [0.4, 0.5) is 5.69 Å². The first-order valence-corrected chi connectivity index (χ1v) is 9.53. The van der Waals surface area contributed by atoms with Gasteiger partial charge in [-0.3, -0.25) is 4.79 Å².